The first kappa shape index (κ1) is 19.7. The second-order valence-electron chi connectivity index (χ2n) is 7.25. The van der Waals surface area contributed by atoms with Crippen LogP contribution in [0.4, 0.5) is 5.69 Å². The maximum Gasteiger partial charge on any atom is 0.248 e. The SMILES string of the molecule is O=C(/C=C/c1ccc2c(c1)CCO2)Nc1ccccc1S(=O)(=O)N1CCCCC1. The summed E-state index contributed by atoms with van der Waals surface area (Å²) in [6.45, 7) is 1.73. The molecular weight excluding hydrogens is 388 g/mol. The smallest absolute Gasteiger partial charge is 0.248 e. The molecule has 1 fully saturated rings. The average Bonchev–Trinajstić information content (AvgIpc) is 3.21. The number of benzene rings is 2. The van der Waals surface area contributed by atoms with Gasteiger partial charge in [0.15, 0.2) is 0 Å². The lowest BCUT2D eigenvalue weighted by Gasteiger charge is -2.26. The number of amides is 1. The van der Waals surface area contributed by atoms with Crippen LogP contribution in [0.15, 0.2) is 53.4 Å². The molecule has 0 saturated carbocycles. The van der Waals surface area contributed by atoms with Crippen molar-refractivity contribution in [2.75, 3.05) is 25.0 Å². The number of carbonyl (C=O) groups is 1. The average molecular weight is 413 g/mol. The van der Waals surface area contributed by atoms with Crippen molar-refractivity contribution in [1.29, 1.82) is 0 Å². The lowest BCUT2D eigenvalue weighted by Crippen LogP contribution is -2.36. The highest BCUT2D eigenvalue weighted by Crippen LogP contribution is 2.28. The monoisotopic (exact) mass is 412 g/mol. The Labute approximate surface area is 171 Å². The van der Waals surface area contributed by atoms with E-state index >= 15 is 0 Å². The number of nitrogens with zero attached hydrogens (tertiary/aromatic N) is 1. The van der Waals surface area contributed by atoms with Crippen LogP contribution in [-0.4, -0.2) is 38.3 Å². The quantitative estimate of drug-likeness (QED) is 0.764. The van der Waals surface area contributed by atoms with Gasteiger partial charge < -0.3 is 10.1 Å². The first-order valence-corrected chi connectivity index (χ1v) is 11.3. The summed E-state index contributed by atoms with van der Waals surface area (Å²) < 4.78 is 33.0. The van der Waals surface area contributed by atoms with Gasteiger partial charge in [0.1, 0.15) is 10.6 Å². The molecule has 2 aliphatic heterocycles. The van der Waals surface area contributed by atoms with Crippen LogP contribution in [0.2, 0.25) is 0 Å². The third-order valence-corrected chi connectivity index (χ3v) is 7.18. The van der Waals surface area contributed by atoms with E-state index in [1.807, 2.05) is 18.2 Å². The number of para-hydroxylation sites is 1. The Morgan fingerprint density at radius 1 is 1.07 bits per heavy atom. The second-order valence-corrected chi connectivity index (χ2v) is 9.16. The van der Waals surface area contributed by atoms with Gasteiger partial charge in [-0.15, -0.1) is 0 Å². The van der Waals surface area contributed by atoms with Gasteiger partial charge in [-0.2, -0.15) is 4.31 Å². The van der Waals surface area contributed by atoms with E-state index in [1.165, 1.54) is 10.4 Å². The fourth-order valence-electron chi connectivity index (χ4n) is 3.70. The van der Waals surface area contributed by atoms with E-state index in [-0.39, 0.29) is 10.8 Å². The largest absolute Gasteiger partial charge is 0.493 e. The minimum Gasteiger partial charge on any atom is -0.493 e. The molecule has 7 heteroatoms. The van der Waals surface area contributed by atoms with Crippen molar-refractivity contribution in [3.63, 3.8) is 0 Å². The van der Waals surface area contributed by atoms with E-state index in [0.717, 1.165) is 42.6 Å². The van der Waals surface area contributed by atoms with Crippen molar-refractivity contribution < 1.29 is 17.9 Å². The molecule has 152 valence electrons. The molecule has 1 N–H and O–H groups in total. The summed E-state index contributed by atoms with van der Waals surface area (Å²) in [7, 11) is -3.63. The fraction of sp³-hybridized carbons (Fsp3) is 0.318. The number of hydrogen-bond acceptors (Lipinski definition) is 4. The molecule has 2 aliphatic rings. The zero-order chi connectivity index (χ0) is 20.3. The maximum atomic E-state index is 13.0. The predicted octanol–water partition coefficient (Wildman–Crippen LogP) is 3.45. The van der Waals surface area contributed by atoms with Crippen LogP contribution in [0, 0.1) is 0 Å². The summed E-state index contributed by atoms with van der Waals surface area (Å²) in [6, 6.07) is 12.4. The topological polar surface area (TPSA) is 75.7 Å². The molecule has 6 nitrogen and oxygen atoms in total. The van der Waals surface area contributed by atoms with Gasteiger partial charge in [0.2, 0.25) is 15.9 Å². The normalized spacial score (nSPS) is 17.1. The highest BCUT2D eigenvalue weighted by Gasteiger charge is 2.28. The molecule has 2 heterocycles. The molecule has 0 bridgehead atoms. The third-order valence-electron chi connectivity index (χ3n) is 5.22. The van der Waals surface area contributed by atoms with Crippen LogP contribution in [0.1, 0.15) is 30.4 Å². The summed E-state index contributed by atoms with van der Waals surface area (Å²) in [5, 5.41) is 2.72. The number of hydrogen-bond donors (Lipinski definition) is 1. The van der Waals surface area contributed by atoms with Crippen LogP contribution < -0.4 is 10.1 Å². The summed E-state index contributed by atoms with van der Waals surface area (Å²) >= 11 is 0. The number of fused-ring (bicyclic) bond motifs is 1. The number of sulfonamides is 1. The molecule has 0 unspecified atom stereocenters. The summed E-state index contributed by atoms with van der Waals surface area (Å²) in [4.78, 5) is 12.6. The molecule has 1 amide bonds. The molecule has 4 rings (SSSR count). The first-order valence-electron chi connectivity index (χ1n) is 9.88. The Morgan fingerprint density at radius 2 is 1.86 bits per heavy atom. The second kappa shape index (κ2) is 8.39. The number of carbonyl (C=O) groups excluding carboxylic acids is 1. The van der Waals surface area contributed by atoms with Crippen molar-refractivity contribution in [3.05, 3.63) is 59.7 Å². The Morgan fingerprint density at radius 3 is 2.69 bits per heavy atom. The molecule has 29 heavy (non-hydrogen) atoms. The van der Waals surface area contributed by atoms with Gasteiger partial charge in [0.05, 0.1) is 12.3 Å². The van der Waals surface area contributed by atoms with Gasteiger partial charge in [-0.3, -0.25) is 4.79 Å². The van der Waals surface area contributed by atoms with Crippen LogP contribution in [0.5, 0.6) is 5.75 Å². The summed E-state index contributed by atoms with van der Waals surface area (Å²) in [5.74, 6) is 0.520. The number of ether oxygens (including phenoxy) is 1. The van der Waals surface area contributed by atoms with E-state index in [2.05, 4.69) is 5.32 Å². The van der Waals surface area contributed by atoms with E-state index in [0.29, 0.717) is 25.4 Å². The predicted molar refractivity (Wildman–Crippen MR) is 112 cm³/mol. The maximum absolute atomic E-state index is 13.0. The van der Waals surface area contributed by atoms with Gasteiger partial charge in [0, 0.05) is 25.6 Å². The van der Waals surface area contributed by atoms with E-state index in [4.69, 9.17) is 4.74 Å². The Balaban J connectivity index is 1.50. The Hall–Kier alpha value is -2.64. The Kier molecular flexibility index (Phi) is 5.69. The minimum absolute atomic E-state index is 0.137. The van der Waals surface area contributed by atoms with Gasteiger partial charge in [-0.1, -0.05) is 24.6 Å². The number of anilines is 1. The van der Waals surface area contributed by atoms with Crippen LogP contribution in [-0.2, 0) is 21.2 Å². The van der Waals surface area contributed by atoms with Crippen LogP contribution >= 0.6 is 0 Å². The van der Waals surface area contributed by atoms with Gasteiger partial charge in [0.25, 0.3) is 0 Å². The zero-order valence-electron chi connectivity index (χ0n) is 16.1. The Bertz CT molecular complexity index is 1040. The molecule has 2 aromatic rings. The zero-order valence-corrected chi connectivity index (χ0v) is 17.0. The highest BCUT2D eigenvalue weighted by atomic mass is 32.2. The summed E-state index contributed by atoms with van der Waals surface area (Å²) in [6.07, 6.45) is 6.77. The number of piperidine rings is 1. The minimum atomic E-state index is -3.63. The molecule has 0 atom stereocenters. The molecule has 0 aromatic heterocycles. The van der Waals surface area contributed by atoms with E-state index < -0.39 is 10.0 Å². The van der Waals surface area contributed by atoms with Gasteiger partial charge >= 0.3 is 0 Å². The van der Waals surface area contributed by atoms with Crippen LogP contribution in [0.25, 0.3) is 6.08 Å². The molecule has 1 saturated heterocycles. The van der Waals surface area contributed by atoms with Crippen molar-refractivity contribution in [3.8, 4) is 5.75 Å². The van der Waals surface area contributed by atoms with E-state index in [1.54, 1.807) is 30.3 Å². The van der Waals surface area contributed by atoms with Crippen molar-refractivity contribution in [2.24, 2.45) is 0 Å². The highest BCUT2D eigenvalue weighted by molar-refractivity contribution is 7.89. The van der Waals surface area contributed by atoms with Gasteiger partial charge in [-0.25, -0.2) is 8.42 Å². The summed E-state index contributed by atoms with van der Waals surface area (Å²) in [5.41, 5.74) is 2.33. The van der Waals surface area contributed by atoms with E-state index in [9.17, 15) is 13.2 Å². The standard InChI is InChI=1S/C22H24N2O4S/c25-22(11-9-17-8-10-20-18(16-17)12-15-28-20)23-19-6-2-3-7-21(19)29(26,27)24-13-4-1-5-14-24/h2-3,6-11,16H,1,4-5,12-15H2,(H,23,25)/b11-9+. The first-order chi connectivity index (χ1) is 14.0. The third kappa shape index (κ3) is 4.36. The van der Waals surface area contributed by atoms with Crippen LogP contribution in [0.3, 0.4) is 0 Å². The molecular formula is C22H24N2O4S. The van der Waals surface area contributed by atoms with Crippen molar-refractivity contribution in [2.45, 2.75) is 30.6 Å². The molecule has 0 spiro atoms. The lowest BCUT2D eigenvalue weighted by molar-refractivity contribution is -0.111. The number of nitrogens with one attached hydrogen (secondary N) is 1. The number of rotatable bonds is 5. The van der Waals surface area contributed by atoms with Crippen molar-refractivity contribution in [1.82, 2.24) is 4.31 Å². The lowest BCUT2D eigenvalue weighted by atomic mass is 10.1. The fourth-order valence-corrected chi connectivity index (χ4v) is 5.36. The van der Waals surface area contributed by atoms with Gasteiger partial charge in [-0.05, 0) is 54.3 Å². The molecule has 0 radical (unpaired) electrons. The molecule has 0 aliphatic carbocycles. The molecule has 2 aromatic carbocycles. The van der Waals surface area contributed by atoms with Crippen molar-refractivity contribution >= 4 is 27.7 Å².